The molecule has 1 rings (SSSR count). The molecule has 0 saturated heterocycles. The molecule has 0 spiro atoms. The van der Waals surface area contributed by atoms with Crippen molar-refractivity contribution in [3.8, 4) is 0 Å². The number of rotatable bonds is 6. The highest BCUT2D eigenvalue weighted by Gasteiger charge is 2.15. The second kappa shape index (κ2) is 8.62. The average Bonchev–Trinajstić information content (AvgIpc) is 2.44. The summed E-state index contributed by atoms with van der Waals surface area (Å²) in [4.78, 5) is 22.9. The van der Waals surface area contributed by atoms with Gasteiger partial charge < -0.3 is 20.7 Å². The Labute approximate surface area is 141 Å². The fourth-order valence-electron chi connectivity index (χ4n) is 1.66. The molecule has 1 aromatic carbocycles. The van der Waals surface area contributed by atoms with Crippen LogP contribution in [0.1, 0.15) is 34.1 Å². The summed E-state index contributed by atoms with van der Waals surface area (Å²) >= 11 is 6.11. The number of hydrogen-bond acceptors (Lipinski definition) is 4. The minimum atomic E-state index is -0.521. The second-order valence-corrected chi connectivity index (χ2v) is 6.36. The van der Waals surface area contributed by atoms with E-state index in [9.17, 15) is 9.59 Å². The molecule has 0 fully saturated rings. The van der Waals surface area contributed by atoms with E-state index >= 15 is 0 Å². The lowest BCUT2D eigenvalue weighted by molar-refractivity contribution is -0.115. The van der Waals surface area contributed by atoms with Gasteiger partial charge in [-0.2, -0.15) is 0 Å². The number of amides is 2. The van der Waals surface area contributed by atoms with Crippen LogP contribution in [0.3, 0.4) is 0 Å². The molecule has 6 nitrogen and oxygen atoms in total. The quantitative estimate of drug-likeness (QED) is 0.690. The third-order valence-corrected chi connectivity index (χ3v) is 3.01. The maximum Gasteiger partial charge on any atom is 0.407 e. The van der Waals surface area contributed by atoms with E-state index in [1.165, 1.54) is 0 Å². The number of carbonyl (C=O) groups is 2. The van der Waals surface area contributed by atoms with Crippen molar-refractivity contribution >= 4 is 35.0 Å². The maximum absolute atomic E-state index is 11.5. The van der Waals surface area contributed by atoms with Gasteiger partial charge in [-0.3, -0.25) is 4.79 Å². The largest absolute Gasteiger partial charge is 0.444 e. The predicted octanol–water partition coefficient (Wildman–Crippen LogP) is 3.63. The van der Waals surface area contributed by atoms with Crippen molar-refractivity contribution in [2.45, 2.75) is 39.7 Å². The molecule has 0 heterocycles. The van der Waals surface area contributed by atoms with Crippen molar-refractivity contribution in [1.29, 1.82) is 0 Å². The fraction of sp³-hybridized carbons (Fsp3) is 0.500. The van der Waals surface area contributed by atoms with Crippen LogP contribution in [-0.2, 0) is 9.53 Å². The van der Waals surface area contributed by atoms with Gasteiger partial charge >= 0.3 is 6.09 Å². The Hall–Kier alpha value is -1.95. The molecule has 0 bridgehead atoms. The van der Waals surface area contributed by atoms with Gasteiger partial charge in [0, 0.05) is 25.2 Å². The molecule has 128 valence electrons. The number of benzene rings is 1. The van der Waals surface area contributed by atoms with E-state index < -0.39 is 11.7 Å². The van der Waals surface area contributed by atoms with E-state index in [-0.39, 0.29) is 5.91 Å². The van der Waals surface area contributed by atoms with Crippen LogP contribution in [0.25, 0.3) is 0 Å². The molecule has 0 aliphatic rings. The first kappa shape index (κ1) is 19.1. The minimum absolute atomic E-state index is 0.0649. The van der Waals surface area contributed by atoms with Gasteiger partial charge in [0.2, 0.25) is 5.91 Å². The molecule has 0 saturated carbocycles. The summed E-state index contributed by atoms with van der Waals surface area (Å²) in [5, 5.41) is 9.06. The van der Waals surface area contributed by atoms with Crippen molar-refractivity contribution in [2.75, 3.05) is 23.7 Å². The molecule has 1 aromatic rings. The topological polar surface area (TPSA) is 79.5 Å². The molecule has 0 aromatic heterocycles. The Kier molecular flexibility index (Phi) is 7.16. The van der Waals surface area contributed by atoms with E-state index in [0.29, 0.717) is 35.9 Å². The molecule has 0 radical (unpaired) electrons. The summed E-state index contributed by atoms with van der Waals surface area (Å²) < 4.78 is 5.14. The zero-order valence-corrected chi connectivity index (χ0v) is 14.7. The van der Waals surface area contributed by atoms with Crippen LogP contribution < -0.4 is 16.0 Å². The van der Waals surface area contributed by atoms with Gasteiger partial charge in [-0.05, 0) is 39.0 Å². The Bertz CT molecular complexity index is 556. The Morgan fingerprint density at radius 3 is 2.52 bits per heavy atom. The first-order valence-electron chi connectivity index (χ1n) is 7.51. The highest BCUT2D eigenvalue weighted by atomic mass is 35.5. The third kappa shape index (κ3) is 7.74. The number of ether oxygens (including phenoxy) is 1. The Morgan fingerprint density at radius 1 is 1.22 bits per heavy atom. The Morgan fingerprint density at radius 2 is 1.91 bits per heavy atom. The summed E-state index contributed by atoms with van der Waals surface area (Å²) in [7, 11) is 0. The van der Waals surface area contributed by atoms with E-state index in [1.54, 1.807) is 45.9 Å². The van der Waals surface area contributed by atoms with Gasteiger partial charge in [0.25, 0.3) is 0 Å². The zero-order valence-electron chi connectivity index (χ0n) is 14.0. The summed E-state index contributed by atoms with van der Waals surface area (Å²) in [5.41, 5.74) is 0.836. The van der Waals surface area contributed by atoms with Crippen LogP contribution in [0.4, 0.5) is 16.2 Å². The number of halogens is 1. The van der Waals surface area contributed by atoms with Crippen LogP contribution >= 0.6 is 11.6 Å². The van der Waals surface area contributed by atoms with Crippen molar-refractivity contribution < 1.29 is 14.3 Å². The zero-order chi connectivity index (χ0) is 17.5. The Balaban J connectivity index is 2.46. The minimum Gasteiger partial charge on any atom is -0.444 e. The predicted molar refractivity (Wildman–Crippen MR) is 93.1 cm³/mol. The van der Waals surface area contributed by atoms with Gasteiger partial charge in [0.1, 0.15) is 5.60 Å². The van der Waals surface area contributed by atoms with Crippen LogP contribution in [-0.4, -0.2) is 30.7 Å². The molecule has 0 unspecified atom stereocenters. The van der Waals surface area contributed by atoms with E-state index in [0.717, 1.165) is 0 Å². The molecule has 3 N–H and O–H groups in total. The molecular weight excluding hydrogens is 318 g/mol. The van der Waals surface area contributed by atoms with Gasteiger partial charge in [-0.15, -0.1) is 0 Å². The van der Waals surface area contributed by atoms with Crippen molar-refractivity contribution in [2.24, 2.45) is 0 Å². The van der Waals surface area contributed by atoms with Crippen molar-refractivity contribution in [3.05, 3.63) is 23.2 Å². The summed E-state index contributed by atoms with van der Waals surface area (Å²) in [6.07, 6.45) is -0.0556. The molecule has 7 heteroatoms. The lowest BCUT2D eigenvalue weighted by Crippen LogP contribution is -2.35. The number of anilines is 2. The van der Waals surface area contributed by atoms with Gasteiger partial charge in [0.15, 0.2) is 0 Å². The third-order valence-electron chi connectivity index (χ3n) is 2.68. The van der Waals surface area contributed by atoms with Gasteiger partial charge in [0.05, 0.1) is 10.7 Å². The van der Waals surface area contributed by atoms with Crippen LogP contribution in [0.15, 0.2) is 18.2 Å². The van der Waals surface area contributed by atoms with Crippen LogP contribution in [0, 0.1) is 0 Å². The highest BCUT2D eigenvalue weighted by molar-refractivity contribution is 6.33. The molecule has 23 heavy (non-hydrogen) atoms. The van der Waals surface area contributed by atoms with E-state index in [4.69, 9.17) is 16.3 Å². The van der Waals surface area contributed by atoms with E-state index in [2.05, 4.69) is 16.0 Å². The molecule has 0 aliphatic carbocycles. The van der Waals surface area contributed by atoms with Gasteiger partial charge in [-0.1, -0.05) is 18.5 Å². The maximum atomic E-state index is 11.5. The summed E-state index contributed by atoms with van der Waals surface area (Å²) in [6, 6.07) is 5.19. The highest BCUT2D eigenvalue weighted by Crippen LogP contribution is 2.25. The van der Waals surface area contributed by atoms with Crippen LogP contribution in [0.5, 0.6) is 0 Å². The normalized spacial score (nSPS) is 10.8. The molecule has 0 aliphatic heterocycles. The second-order valence-electron chi connectivity index (χ2n) is 5.95. The molecule has 0 atom stereocenters. The van der Waals surface area contributed by atoms with Crippen molar-refractivity contribution in [1.82, 2.24) is 5.32 Å². The smallest absolute Gasteiger partial charge is 0.407 e. The first-order chi connectivity index (χ1) is 10.7. The standard InChI is InChI=1S/C16H24ClN3O3/c1-5-14(21)20-11-6-7-12(17)13(10-11)18-8-9-19-15(22)23-16(2,3)4/h6-7,10,18H,5,8-9H2,1-4H3,(H,19,22)(H,20,21). The van der Waals surface area contributed by atoms with Crippen molar-refractivity contribution in [3.63, 3.8) is 0 Å². The SMILES string of the molecule is CCC(=O)Nc1ccc(Cl)c(NCCNC(=O)OC(C)(C)C)c1. The van der Waals surface area contributed by atoms with Gasteiger partial charge in [-0.25, -0.2) is 4.79 Å². The number of hydrogen-bond donors (Lipinski definition) is 3. The number of carbonyl (C=O) groups excluding carboxylic acids is 2. The molecular formula is C16H24ClN3O3. The first-order valence-corrected chi connectivity index (χ1v) is 7.89. The van der Waals surface area contributed by atoms with Crippen LogP contribution in [0.2, 0.25) is 5.02 Å². The molecule has 2 amide bonds. The number of nitrogens with one attached hydrogen (secondary N) is 3. The summed E-state index contributed by atoms with van der Waals surface area (Å²) in [5.74, 6) is -0.0649. The monoisotopic (exact) mass is 341 g/mol. The fourth-order valence-corrected chi connectivity index (χ4v) is 1.85. The number of alkyl carbamates (subject to hydrolysis) is 1. The lowest BCUT2D eigenvalue weighted by atomic mass is 10.2. The van der Waals surface area contributed by atoms with E-state index in [1.807, 2.05) is 0 Å². The lowest BCUT2D eigenvalue weighted by Gasteiger charge is -2.19. The average molecular weight is 342 g/mol. The summed E-state index contributed by atoms with van der Waals surface area (Å²) in [6.45, 7) is 8.07.